The molecule has 2 nitrogen and oxygen atoms in total. The SMILES string of the molecule is C[C@@H]1CC[C@@H](C(C)(C)c2ccccc2)[C@H](OC(=O)C(Cl)Sc2ccccc2)C1. The molecule has 28 heavy (non-hydrogen) atoms. The van der Waals surface area contributed by atoms with Crippen molar-refractivity contribution in [1.29, 1.82) is 0 Å². The first-order chi connectivity index (χ1) is 13.4. The second kappa shape index (κ2) is 9.37. The minimum atomic E-state index is -0.736. The minimum absolute atomic E-state index is 0.0687. The van der Waals surface area contributed by atoms with Gasteiger partial charge < -0.3 is 4.74 Å². The molecule has 1 aliphatic rings. The van der Waals surface area contributed by atoms with Crippen molar-refractivity contribution in [3.8, 4) is 0 Å². The molecule has 150 valence electrons. The van der Waals surface area contributed by atoms with Crippen molar-refractivity contribution in [3.63, 3.8) is 0 Å². The smallest absolute Gasteiger partial charge is 0.335 e. The molecule has 1 aliphatic carbocycles. The van der Waals surface area contributed by atoms with E-state index in [1.165, 1.54) is 17.3 Å². The first kappa shape index (κ1) is 21.3. The number of carbonyl (C=O) groups excluding carboxylic acids is 1. The molecule has 1 fully saturated rings. The van der Waals surface area contributed by atoms with Gasteiger partial charge >= 0.3 is 5.97 Å². The number of hydrogen-bond acceptors (Lipinski definition) is 3. The summed E-state index contributed by atoms with van der Waals surface area (Å²) in [5.41, 5.74) is 1.22. The van der Waals surface area contributed by atoms with Crippen LogP contribution in [0.25, 0.3) is 0 Å². The fourth-order valence-corrected chi connectivity index (χ4v) is 5.30. The van der Waals surface area contributed by atoms with Crippen molar-refractivity contribution in [2.45, 2.75) is 61.2 Å². The Bertz CT molecular complexity index is 763. The quantitative estimate of drug-likeness (QED) is 0.299. The second-order valence-corrected chi connectivity index (χ2v) is 10.2. The maximum absolute atomic E-state index is 12.8. The van der Waals surface area contributed by atoms with Gasteiger partial charge in [-0.05, 0) is 41.9 Å². The minimum Gasteiger partial charge on any atom is -0.460 e. The number of benzene rings is 2. The van der Waals surface area contributed by atoms with Crippen LogP contribution in [0, 0.1) is 11.8 Å². The topological polar surface area (TPSA) is 26.3 Å². The Morgan fingerprint density at radius 1 is 1.07 bits per heavy atom. The largest absolute Gasteiger partial charge is 0.460 e. The van der Waals surface area contributed by atoms with Gasteiger partial charge in [0.1, 0.15) is 6.10 Å². The zero-order valence-corrected chi connectivity index (χ0v) is 18.4. The van der Waals surface area contributed by atoms with Crippen LogP contribution in [0.3, 0.4) is 0 Å². The van der Waals surface area contributed by atoms with Gasteiger partial charge in [-0.3, -0.25) is 0 Å². The lowest BCUT2D eigenvalue weighted by molar-refractivity contribution is -0.154. The van der Waals surface area contributed by atoms with Crippen molar-refractivity contribution in [3.05, 3.63) is 66.2 Å². The van der Waals surface area contributed by atoms with Crippen molar-refractivity contribution in [2.75, 3.05) is 0 Å². The normalized spacial score (nSPS) is 23.8. The predicted molar refractivity (Wildman–Crippen MR) is 118 cm³/mol. The van der Waals surface area contributed by atoms with Crippen molar-refractivity contribution in [2.24, 2.45) is 11.8 Å². The average molecular weight is 417 g/mol. The van der Waals surface area contributed by atoms with E-state index < -0.39 is 4.71 Å². The van der Waals surface area contributed by atoms with Crippen LogP contribution in [-0.2, 0) is 14.9 Å². The number of ether oxygens (including phenoxy) is 1. The molecule has 1 unspecified atom stereocenters. The molecule has 3 rings (SSSR count). The van der Waals surface area contributed by atoms with Crippen LogP contribution >= 0.6 is 23.4 Å². The highest BCUT2D eigenvalue weighted by Crippen LogP contribution is 2.44. The molecule has 4 heteroatoms. The summed E-state index contributed by atoms with van der Waals surface area (Å²) in [4.78, 5) is 13.7. The summed E-state index contributed by atoms with van der Waals surface area (Å²) in [6.07, 6.45) is 3.01. The molecule has 2 aromatic carbocycles. The molecule has 0 saturated heterocycles. The number of rotatable bonds is 6. The second-order valence-electron chi connectivity index (χ2n) is 8.33. The number of carbonyl (C=O) groups is 1. The molecule has 0 bridgehead atoms. The van der Waals surface area contributed by atoms with Crippen LogP contribution in [0.15, 0.2) is 65.6 Å². The molecule has 0 aliphatic heterocycles. The van der Waals surface area contributed by atoms with Gasteiger partial charge in [0.2, 0.25) is 0 Å². The summed E-state index contributed by atoms with van der Waals surface area (Å²) in [6, 6.07) is 20.3. The van der Waals surface area contributed by atoms with Gasteiger partial charge in [-0.15, -0.1) is 0 Å². The third-order valence-electron chi connectivity index (χ3n) is 5.93. The van der Waals surface area contributed by atoms with E-state index in [1.807, 2.05) is 36.4 Å². The zero-order valence-electron chi connectivity index (χ0n) is 16.8. The molecular weight excluding hydrogens is 388 g/mol. The molecule has 0 N–H and O–H groups in total. The number of thioether (sulfide) groups is 1. The van der Waals surface area contributed by atoms with E-state index >= 15 is 0 Å². The van der Waals surface area contributed by atoms with E-state index in [2.05, 4.69) is 45.0 Å². The predicted octanol–water partition coefficient (Wildman–Crippen LogP) is 6.67. The van der Waals surface area contributed by atoms with Gasteiger partial charge in [0, 0.05) is 10.8 Å². The summed E-state index contributed by atoms with van der Waals surface area (Å²) in [5, 5.41) is 0. The third-order valence-corrected chi connectivity index (χ3v) is 7.32. The molecule has 0 spiro atoms. The van der Waals surface area contributed by atoms with E-state index in [9.17, 15) is 4.79 Å². The fourth-order valence-electron chi connectivity index (χ4n) is 4.24. The summed E-state index contributed by atoms with van der Waals surface area (Å²) in [6.45, 7) is 6.77. The van der Waals surface area contributed by atoms with Crippen LogP contribution < -0.4 is 0 Å². The van der Waals surface area contributed by atoms with Crippen LogP contribution in [0.2, 0.25) is 0 Å². The Hall–Kier alpha value is -1.45. The molecule has 0 aromatic heterocycles. The number of alkyl halides is 1. The fraction of sp³-hybridized carbons (Fsp3) is 0.458. The highest BCUT2D eigenvalue weighted by atomic mass is 35.5. The van der Waals surface area contributed by atoms with Crippen LogP contribution in [0.5, 0.6) is 0 Å². The summed E-state index contributed by atoms with van der Waals surface area (Å²) >= 11 is 7.73. The van der Waals surface area contributed by atoms with E-state index in [0.29, 0.717) is 5.92 Å². The summed E-state index contributed by atoms with van der Waals surface area (Å²) in [5.74, 6) is 0.500. The monoisotopic (exact) mass is 416 g/mol. The molecule has 0 heterocycles. The lowest BCUT2D eigenvalue weighted by Crippen LogP contribution is -2.44. The molecule has 0 radical (unpaired) electrons. The average Bonchev–Trinajstić information content (AvgIpc) is 2.69. The Morgan fingerprint density at radius 2 is 1.68 bits per heavy atom. The zero-order chi connectivity index (χ0) is 20.1. The lowest BCUT2D eigenvalue weighted by atomic mass is 9.64. The summed E-state index contributed by atoms with van der Waals surface area (Å²) in [7, 11) is 0. The number of hydrogen-bond donors (Lipinski definition) is 0. The molecular formula is C24H29ClO2S. The van der Waals surface area contributed by atoms with Gasteiger partial charge in [0.15, 0.2) is 4.71 Å². The first-order valence-electron chi connectivity index (χ1n) is 9.99. The van der Waals surface area contributed by atoms with Gasteiger partial charge in [-0.1, -0.05) is 99.1 Å². The Morgan fingerprint density at radius 3 is 2.32 bits per heavy atom. The van der Waals surface area contributed by atoms with E-state index in [0.717, 1.165) is 24.2 Å². The van der Waals surface area contributed by atoms with Gasteiger partial charge in [0.25, 0.3) is 0 Å². The molecule has 4 atom stereocenters. The highest BCUT2D eigenvalue weighted by Gasteiger charge is 2.42. The van der Waals surface area contributed by atoms with Crippen LogP contribution in [0.4, 0.5) is 0 Å². The molecule has 0 amide bonds. The van der Waals surface area contributed by atoms with Crippen molar-refractivity contribution >= 4 is 29.3 Å². The molecule has 2 aromatic rings. The first-order valence-corrected chi connectivity index (χ1v) is 11.3. The van der Waals surface area contributed by atoms with Crippen LogP contribution in [0.1, 0.15) is 45.6 Å². The van der Waals surface area contributed by atoms with Crippen molar-refractivity contribution < 1.29 is 9.53 Å². The number of esters is 1. The van der Waals surface area contributed by atoms with E-state index in [4.69, 9.17) is 16.3 Å². The Balaban J connectivity index is 1.72. The Labute approximate surface area is 178 Å². The van der Waals surface area contributed by atoms with E-state index in [1.54, 1.807) is 0 Å². The van der Waals surface area contributed by atoms with Gasteiger partial charge in [-0.2, -0.15) is 0 Å². The standard InChI is InChI=1S/C24H29ClO2S/c1-17-14-15-20(24(2,3)18-10-6-4-7-11-18)21(16-17)27-23(26)22(25)28-19-12-8-5-9-13-19/h4-13,17,20-22H,14-16H2,1-3H3/t17-,20-,21-,22?/m1/s1. The van der Waals surface area contributed by atoms with Gasteiger partial charge in [0.05, 0.1) is 0 Å². The van der Waals surface area contributed by atoms with Crippen molar-refractivity contribution in [1.82, 2.24) is 0 Å². The third kappa shape index (κ3) is 5.12. The van der Waals surface area contributed by atoms with E-state index in [-0.39, 0.29) is 23.4 Å². The Kier molecular flexibility index (Phi) is 7.11. The van der Waals surface area contributed by atoms with Gasteiger partial charge in [-0.25, -0.2) is 4.79 Å². The maximum Gasteiger partial charge on any atom is 0.335 e. The summed E-state index contributed by atoms with van der Waals surface area (Å²) < 4.78 is 5.29. The number of halogens is 1. The highest BCUT2D eigenvalue weighted by molar-refractivity contribution is 8.01. The lowest BCUT2D eigenvalue weighted by Gasteiger charge is -2.44. The molecule has 1 saturated carbocycles. The maximum atomic E-state index is 12.8. The van der Waals surface area contributed by atoms with Crippen LogP contribution in [-0.4, -0.2) is 16.8 Å².